The zero-order valence-corrected chi connectivity index (χ0v) is 9.54. The fraction of sp³-hybridized carbons (Fsp3) is 0.556. The third-order valence-corrected chi connectivity index (χ3v) is 2.20. The molecule has 84 valence electrons. The molecule has 0 amide bonds. The van der Waals surface area contributed by atoms with Gasteiger partial charge in [-0.3, -0.25) is 4.68 Å². The Labute approximate surface area is 93.1 Å². The molecule has 0 spiro atoms. The molecule has 0 bridgehead atoms. The number of anilines is 1. The molecule has 0 saturated carbocycles. The Balaban J connectivity index is 3.07. The van der Waals surface area contributed by atoms with Gasteiger partial charge in [-0.25, -0.2) is 4.79 Å². The van der Waals surface area contributed by atoms with E-state index in [9.17, 15) is 4.79 Å². The molecule has 1 aromatic heterocycles. The number of halogens is 1. The number of aromatic nitrogens is 2. The third-order valence-electron chi connectivity index (χ3n) is 1.82. The van der Waals surface area contributed by atoms with E-state index in [0.29, 0.717) is 13.2 Å². The molecule has 15 heavy (non-hydrogen) atoms. The van der Waals surface area contributed by atoms with Crippen LogP contribution in [0.3, 0.4) is 0 Å². The minimum absolute atomic E-state index is 0.160. The summed E-state index contributed by atoms with van der Waals surface area (Å²) in [4.78, 5) is 11.6. The number of esters is 1. The van der Waals surface area contributed by atoms with Crippen molar-refractivity contribution in [1.29, 1.82) is 0 Å². The SMILES string of the molecule is CCCn1nc(N)c(Cl)c1C(=O)OCC. The number of carbonyl (C=O) groups excluding carboxylic acids is 1. The van der Waals surface area contributed by atoms with E-state index >= 15 is 0 Å². The molecule has 0 aromatic carbocycles. The number of nitrogens with two attached hydrogens (primary N) is 1. The Morgan fingerprint density at radius 3 is 2.80 bits per heavy atom. The van der Waals surface area contributed by atoms with Crippen molar-refractivity contribution in [2.24, 2.45) is 0 Å². The molecule has 0 saturated heterocycles. The lowest BCUT2D eigenvalue weighted by Crippen LogP contribution is -2.13. The summed E-state index contributed by atoms with van der Waals surface area (Å²) in [7, 11) is 0. The van der Waals surface area contributed by atoms with E-state index in [-0.39, 0.29) is 16.5 Å². The number of aryl methyl sites for hydroxylation is 1. The molecule has 0 atom stereocenters. The Hall–Kier alpha value is -1.23. The van der Waals surface area contributed by atoms with Crippen LogP contribution in [-0.4, -0.2) is 22.4 Å². The van der Waals surface area contributed by atoms with Crippen molar-refractivity contribution in [1.82, 2.24) is 9.78 Å². The summed E-state index contributed by atoms with van der Waals surface area (Å²) in [6.45, 7) is 4.59. The number of hydrogen-bond acceptors (Lipinski definition) is 4. The van der Waals surface area contributed by atoms with Gasteiger partial charge in [0.15, 0.2) is 11.5 Å². The Bertz CT molecular complexity index is 362. The minimum atomic E-state index is -0.486. The van der Waals surface area contributed by atoms with E-state index in [4.69, 9.17) is 22.1 Å². The Morgan fingerprint density at radius 1 is 1.60 bits per heavy atom. The first-order chi connectivity index (χ1) is 7.11. The molecule has 1 aromatic rings. The average molecular weight is 232 g/mol. The normalized spacial score (nSPS) is 10.3. The van der Waals surface area contributed by atoms with Gasteiger partial charge >= 0.3 is 5.97 Å². The Kier molecular flexibility index (Phi) is 3.96. The first-order valence-electron chi connectivity index (χ1n) is 4.80. The molecular weight excluding hydrogens is 218 g/mol. The van der Waals surface area contributed by atoms with E-state index in [1.54, 1.807) is 6.92 Å². The maximum Gasteiger partial charge on any atom is 0.358 e. The topological polar surface area (TPSA) is 70.1 Å². The van der Waals surface area contributed by atoms with Crippen LogP contribution in [0.25, 0.3) is 0 Å². The van der Waals surface area contributed by atoms with Crippen LogP contribution in [0, 0.1) is 0 Å². The Morgan fingerprint density at radius 2 is 2.27 bits per heavy atom. The van der Waals surface area contributed by atoms with Crippen molar-refractivity contribution in [3.8, 4) is 0 Å². The predicted octanol–water partition coefficient (Wildman–Crippen LogP) is 1.71. The standard InChI is InChI=1S/C9H14ClN3O2/c1-3-5-13-7(9(14)15-4-2)6(10)8(11)12-13/h3-5H2,1-2H3,(H2,11,12). The molecular formula is C9H14ClN3O2. The van der Waals surface area contributed by atoms with Gasteiger partial charge in [-0.1, -0.05) is 18.5 Å². The lowest BCUT2D eigenvalue weighted by Gasteiger charge is -2.05. The first kappa shape index (κ1) is 11.8. The van der Waals surface area contributed by atoms with Crippen LogP contribution in [0.4, 0.5) is 5.82 Å². The van der Waals surface area contributed by atoms with Crippen LogP contribution in [-0.2, 0) is 11.3 Å². The summed E-state index contributed by atoms with van der Waals surface area (Å²) >= 11 is 5.87. The predicted molar refractivity (Wildman–Crippen MR) is 57.9 cm³/mol. The fourth-order valence-electron chi connectivity index (χ4n) is 1.23. The third kappa shape index (κ3) is 2.41. The van der Waals surface area contributed by atoms with Crippen LogP contribution in [0.5, 0.6) is 0 Å². The number of ether oxygens (including phenoxy) is 1. The minimum Gasteiger partial charge on any atom is -0.461 e. The molecule has 0 radical (unpaired) electrons. The van der Waals surface area contributed by atoms with Crippen molar-refractivity contribution in [2.75, 3.05) is 12.3 Å². The van der Waals surface area contributed by atoms with Gasteiger partial charge in [0, 0.05) is 6.54 Å². The second kappa shape index (κ2) is 5.02. The number of nitrogen functional groups attached to an aromatic ring is 1. The number of carbonyl (C=O) groups is 1. The summed E-state index contributed by atoms with van der Waals surface area (Å²) in [5, 5.41) is 4.13. The second-order valence-corrected chi connectivity index (χ2v) is 3.37. The molecule has 6 heteroatoms. The zero-order valence-electron chi connectivity index (χ0n) is 8.79. The monoisotopic (exact) mass is 231 g/mol. The van der Waals surface area contributed by atoms with Crippen molar-refractivity contribution in [3.63, 3.8) is 0 Å². The smallest absolute Gasteiger partial charge is 0.358 e. The van der Waals surface area contributed by atoms with E-state index in [1.807, 2.05) is 6.92 Å². The maximum atomic E-state index is 11.6. The van der Waals surface area contributed by atoms with Gasteiger partial charge < -0.3 is 10.5 Å². The van der Waals surface area contributed by atoms with E-state index in [0.717, 1.165) is 6.42 Å². The van der Waals surface area contributed by atoms with Gasteiger partial charge in [0.1, 0.15) is 5.02 Å². The fourth-order valence-corrected chi connectivity index (χ4v) is 1.44. The van der Waals surface area contributed by atoms with E-state index in [2.05, 4.69) is 5.10 Å². The van der Waals surface area contributed by atoms with Crippen molar-refractivity contribution < 1.29 is 9.53 Å². The molecule has 0 fully saturated rings. The molecule has 1 rings (SSSR count). The van der Waals surface area contributed by atoms with E-state index < -0.39 is 5.97 Å². The molecule has 0 aliphatic carbocycles. The highest BCUT2D eigenvalue weighted by Crippen LogP contribution is 2.23. The summed E-state index contributed by atoms with van der Waals surface area (Å²) in [5.74, 6) is -0.326. The molecule has 5 nitrogen and oxygen atoms in total. The van der Waals surface area contributed by atoms with Gasteiger partial charge in [0.05, 0.1) is 6.61 Å². The number of hydrogen-bond donors (Lipinski definition) is 1. The van der Waals surface area contributed by atoms with Gasteiger partial charge in [0.25, 0.3) is 0 Å². The lowest BCUT2D eigenvalue weighted by molar-refractivity contribution is 0.0512. The average Bonchev–Trinajstić information content (AvgIpc) is 2.44. The van der Waals surface area contributed by atoms with Crippen LogP contribution < -0.4 is 5.73 Å². The number of nitrogens with zero attached hydrogens (tertiary/aromatic N) is 2. The lowest BCUT2D eigenvalue weighted by atomic mass is 10.4. The molecule has 2 N–H and O–H groups in total. The summed E-state index contributed by atoms with van der Waals surface area (Å²) < 4.78 is 6.35. The highest BCUT2D eigenvalue weighted by atomic mass is 35.5. The molecule has 1 heterocycles. The van der Waals surface area contributed by atoms with Gasteiger partial charge in [0.2, 0.25) is 0 Å². The zero-order chi connectivity index (χ0) is 11.4. The van der Waals surface area contributed by atoms with Gasteiger partial charge in [-0.15, -0.1) is 0 Å². The van der Waals surface area contributed by atoms with Crippen molar-refractivity contribution in [2.45, 2.75) is 26.8 Å². The van der Waals surface area contributed by atoms with Crippen molar-refractivity contribution >= 4 is 23.4 Å². The second-order valence-electron chi connectivity index (χ2n) is 2.99. The van der Waals surface area contributed by atoms with E-state index in [1.165, 1.54) is 4.68 Å². The summed E-state index contributed by atoms with van der Waals surface area (Å²) in [5.41, 5.74) is 5.77. The number of rotatable bonds is 4. The van der Waals surface area contributed by atoms with Crippen LogP contribution in [0.1, 0.15) is 30.8 Å². The van der Waals surface area contributed by atoms with Gasteiger partial charge in [-0.2, -0.15) is 5.10 Å². The highest BCUT2D eigenvalue weighted by molar-refractivity contribution is 6.35. The molecule has 0 aliphatic heterocycles. The van der Waals surface area contributed by atoms with Gasteiger partial charge in [-0.05, 0) is 13.3 Å². The maximum absolute atomic E-state index is 11.6. The molecule has 0 aliphatic rings. The van der Waals surface area contributed by atoms with Crippen LogP contribution >= 0.6 is 11.6 Å². The molecule has 0 unspecified atom stereocenters. The summed E-state index contributed by atoms with van der Waals surface area (Å²) in [6, 6.07) is 0. The quantitative estimate of drug-likeness (QED) is 0.801. The van der Waals surface area contributed by atoms with Crippen LogP contribution in [0.2, 0.25) is 5.02 Å². The highest BCUT2D eigenvalue weighted by Gasteiger charge is 2.21. The first-order valence-corrected chi connectivity index (χ1v) is 5.18. The largest absolute Gasteiger partial charge is 0.461 e. The summed E-state index contributed by atoms with van der Waals surface area (Å²) in [6.07, 6.45) is 0.837. The van der Waals surface area contributed by atoms with Crippen molar-refractivity contribution in [3.05, 3.63) is 10.7 Å². The van der Waals surface area contributed by atoms with Crippen LogP contribution in [0.15, 0.2) is 0 Å².